The van der Waals surface area contributed by atoms with Crippen molar-refractivity contribution in [3.63, 3.8) is 0 Å². The first-order chi connectivity index (χ1) is 9.19. The monoisotopic (exact) mass is 283 g/mol. The van der Waals surface area contributed by atoms with Gasteiger partial charge in [0.25, 0.3) is 0 Å². The Kier molecular flexibility index (Phi) is 6.96. The number of hydrogen-bond donors (Lipinski definition) is 1. The highest BCUT2D eigenvalue weighted by Crippen LogP contribution is 2.38. The maximum Gasteiger partial charge on any atom is 0.0109 e. The van der Waals surface area contributed by atoms with Crippen LogP contribution >= 0.6 is 0 Å². The van der Waals surface area contributed by atoms with Crippen molar-refractivity contribution < 1.29 is 0 Å². The summed E-state index contributed by atoms with van der Waals surface area (Å²) in [5.41, 5.74) is 6.88. The minimum Gasteiger partial charge on any atom is -0.327 e. The average molecular weight is 284 g/mol. The van der Waals surface area contributed by atoms with Gasteiger partial charge in [-0.05, 0) is 50.6 Å². The fraction of sp³-hybridized carbons (Fsp3) is 1.00. The van der Waals surface area contributed by atoms with Gasteiger partial charge in [0.1, 0.15) is 0 Å². The standard InChI is InChI=1S/C17H37N3/c1-14(2)12-20(10-9-19(5)6)13-15-11-17(3,4)8-7-16(15)18/h14-16H,7-13,18H2,1-6H3. The van der Waals surface area contributed by atoms with E-state index < -0.39 is 0 Å². The van der Waals surface area contributed by atoms with Crippen LogP contribution in [-0.4, -0.2) is 56.1 Å². The van der Waals surface area contributed by atoms with Crippen molar-refractivity contribution in [1.82, 2.24) is 9.80 Å². The summed E-state index contributed by atoms with van der Waals surface area (Å²) in [4.78, 5) is 4.91. The van der Waals surface area contributed by atoms with Gasteiger partial charge < -0.3 is 15.5 Å². The van der Waals surface area contributed by atoms with E-state index in [1.807, 2.05) is 0 Å². The van der Waals surface area contributed by atoms with E-state index >= 15 is 0 Å². The summed E-state index contributed by atoms with van der Waals surface area (Å²) in [6.07, 6.45) is 3.76. The van der Waals surface area contributed by atoms with Crippen LogP contribution in [-0.2, 0) is 0 Å². The predicted octanol–water partition coefficient (Wildman–Crippen LogP) is 2.66. The van der Waals surface area contributed by atoms with E-state index in [0.717, 1.165) is 19.0 Å². The molecule has 1 aliphatic rings. The fourth-order valence-corrected chi connectivity index (χ4v) is 3.40. The van der Waals surface area contributed by atoms with Crippen molar-refractivity contribution in [1.29, 1.82) is 0 Å². The second-order valence-electron chi connectivity index (χ2n) is 8.29. The van der Waals surface area contributed by atoms with Gasteiger partial charge in [0.05, 0.1) is 0 Å². The highest BCUT2D eigenvalue weighted by molar-refractivity contribution is 4.88. The number of nitrogens with zero attached hydrogens (tertiary/aromatic N) is 2. The van der Waals surface area contributed by atoms with E-state index in [-0.39, 0.29) is 0 Å². The Morgan fingerprint density at radius 2 is 1.85 bits per heavy atom. The molecule has 0 heterocycles. The molecule has 2 N–H and O–H groups in total. The second kappa shape index (κ2) is 7.77. The SMILES string of the molecule is CC(C)CN(CCN(C)C)CC1CC(C)(C)CCC1N. The normalized spacial score (nSPS) is 26.7. The molecule has 0 aromatic rings. The summed E-state index contributed by atoms with van der Waals surface area (Å²) in [6, 6.07) is 0.400. The largest absolute Gasteiger partial charge is 0.327 e. The van der Waals surface area contributed by atoms with Gasteiger partial charge in [-0.2, -0.15) is 0 Å². The minimum absolute atomic E-state index is 0.400. The molecule has 0 aromatic heterocycles. The molecule has 1 rings (SSSR count). The van der Waals surface area contributed by atoms with Crippen LogP contribution in [0.1, 0.15) is 47.0 Å². The van der Waals surface area contributed by atoms with Crippen LogP contribution in [0.4, 0.5) is 0 Å². The molecule has 1 fully saturated rings. The van der Waals surface area contributed by atoms with Crippen molar-refractivity contribution in [2.45, 2.75) is 53.0 Å². The Balaban J connectivity index is 2.57. The Morgan fingerprint density at radius 3 is 2.40 bits per heavy atom. The Bertz CT molecular complexity index is 273. The molecule has 0 aromatic carbocycles. The molecule has 0 amide bonds. The van der Waals surface area contributed by atoms with Crippen LogP contribution in [0.25, 0.3) is 0 Å². The average Bonchev–Trinajstić information content (AvgIpc) is 2.30. The summed E-state index contributed by atoms with van der Waals surface area (Å²) in [6.45, 7) is 14.1. The van der Waals surface area contributed by atoms with E-state index in [1.165, 1.54) is 32.4 Å². The zero-order valence-electron chi connectivity index (χ0n) is 14.7. The third-order valence-corrected chi connectivity index (χ3v) is 4.55. The zero-order chi connectivity index (χ0) is 15.3. The lowest BCUT2D eigenvalue weighted by atomic mass is 9.70. The molecule has 0 aliphatic heterocycles. The van der Waals surface area contributed by atoms with Gasteiger partial charge in [0.2, 0.25) is 0 Å². The van der Waals surface area contributed by atoms with Crippen molar-refractivity contribution in [3.8, 4) is 0 Å². The predicted molar refractivity (Wildman–Crippen MR) is 88.9 cm³/mol. The van der Waals surface area contributed by atoms with Crippen molar-refractivity contribution in [3.05, 3.63) is 0 Å². The number of likely N-dealkylation sites (N-methyl/N-ethyl adjacent to an activating group) is 1. The lowest BCUT2D eigenvalue weighted by Crippen LogP contribution is -2.47. The molecule has 3 nitrogen and oxygen atoms in total. The third-order valence-electron chi connectivity index (χ3n) is 4.55. The molecule has 120 valence electrons. The molecule has 1 aliphatic carbocycles. The summed E-state index contributed by atoms with van der Waals surface area (Å²) < 4.78 is 0. The first kappa shape index (κ1) is 17.9. The van der Waals surface area contributed by atoms with Gasteiger partial charge in [-0.15, -0.1) is 0 Å². The molecule has 2 atom stereocenters. The van der Waals surface area contributed by atoms with Crippen LogP contribution in [0.2, 0.25) is 0 Å². The zero-order valence-corrected chi connectivity index (χ0v) is 14.7. The summed E-state index contributed by atoms with van der Waals surface area (Å²) in [5.74, 6) is 1.39. The maximum atomic E-state index is 6.40. The van der Waals surface area contributed by atoms with Gasteiger partial charge in [0, 0.05) is 32.2 Å². The van der Waals surface area contributed by atoms with Crippen LogP contribution in [0.3, 0.4) is 0 Å². The van der Waals surface area contributed by atoms with Crippen LogP contribution in [0, 0.1) is 17.3 Å². The molecule has 1 saturated carbocycles. The van der Waals surface area contributed by atoms with Crippen LogP contribution < -0.4 is 5.73 Å². The Hall–Kier alpha value is -0.120. The van der Waals surface area contributed by atoms with Gasteiger partial charge in [0.15, 0.2) is 0 Å². The number of rotatable bonds is 7. The Morgan fingerprint density at radius 1 is 1.20 bits per heavy atom. The van der Waals surface area contributed by atoms with Gasteiger partial charge in [-0.3, -0.25) is 0 Å². The van der Waals surface area contributed by atoms with E-state index in [2.05, 4.69) is 51.6 Å². The molecule has 2 unspecified atom stereocenters. The molecular formula is C17H37N3. The van der Waals surface area contributed by atoms with Crippen molar-refractivity contribution >= 4 is 0 Å². The lowest BCUT2D eigenvalue weighted by Gasteiger charge is -2.41. The van der Waals surface area contributed by atoms with Crippen LogP contribution in [0.15, 0.2) is 0 Å². The van der Waals surface area contributed by atoms with E-state index in [9.17, 15) is 0 Å². The fourth-order valence-electron chi connectivity index (χ4n) is 3.40. The van der Waals surface area contributed by atoms with E-state index in [4.69, 9.17) is 5.73 Å². The first-order valence-corrected chi connectivity index (χ1v) is 8.32. The lowest BCUT2D eigenvalue weighted by molar-refractivity contribution is 0.105. The number of nitrogens with two attached hydrogens (primary N) is 1. The molecule has 0 spiro atoms. The maximum absolute atomic E-state index is 6.40. The van der Waals surface area contributed by atoms with Crippen molar-refractivity contribution in [2.75, 3.05) is 40.3 Å². The summed E-state index contributed by atoms with van der Waals surface area (Å²) >= 11 is 0. The van der Waals surface area contributed by atoms with Gasteiger partial charge in [-0.1, -0.05) is 27.7 Å². The molecular weight excluding hydrogens is 246 g/mol. The third kappa shape index (κ3) is 6.55. The summed E-state index contributed by atoms with van der Waals surface area (Å²) in [7, 11) is 4.31. The molecule has 0 bridgehead atoms. The Labute approximate surface area is 126 Å². The van der Waals surface area contributed by atoms with E-state index in [0.29, 0.717) is 17.4 Å². The molecule has 0 saturated heterocycles. The molecule has 0 radical (unpaired) electrons. The second-order valence-corrected chi connectivity index (χ2v) is 8.29. The van der Waals surface area contributed by atoms with Gasteiger partial charge >= 0.3 is 0 Å². The van der Waals surface area contributed by atoms with Crippen LogP contribution in [0.5, 0.6) is 0 Å². The smallest absolute Gasteiger partial charge is 0.0109 e. The van der Waals surface area contributed by atoms with Gasteiger partial charge in [-0.25, -0.2) is 0 Å². The molecule has 3 heteroatoms. The highest BCUT2D eigenvalue weighted by atomic mass is 15.2. The first-order valence-electron chi connectivity index (χ1n) is 8.32. The highest BCUT2D eigenvalue weighted by Gasteiger charge is 2.33. The quantitative estimate of drug-likeness (QED) is 0.779. The summed E-state index contributed by atoms with van der Waals surface area (Å²) in [5, 5.41) is 0. The minimum atomic E-state index is 0.400. The topological polar surface area (TPSA) is 32.5 Å². The van der Waals surface area contributed by atoms with E-state index in [1.54, 1.807) is 0 Å². The van der Waals surface area contributed by atoms with Crippen molar-refractivity contribution in [2.24, 2.45) is 23.0 Å². The molecule has 20 heavy (non-hydrogen) atoms. The number of hydrogen-bond acceptors (Lipinski definition) is 3.